The van der Waals surface area contributed by atoms with Crippen molar-refractivity contribution in [3.05, 3.63) is 22.6 Å². The van der Waals surface area contributed by atoms with Crippen molar-refractivity contribution >= 4 is 16.8 Å². The van der Waals surface area contributed by atoms with Crippen LogP contribution in [-0.2, 0) is 0 Å². The number of aromatic nitrogens is 2. The molecule has 0 aromatic carbocycles. The van der Waals surface area contributed by atoms with Gasteiger partial charge in [0.05, 0.1) is 11.9 Å². The van der Waals surface area contributed by atoms with Crippen LogP contribution in [0.15, 0.2) is 21.6 Å². The van der Waals surface area contributed by atoms with E-state index < -0.39 is 0 Å². The Kier molecular flexibility index (Phi) is 1.36. The molecule has 2 aromatic heterocycles. The highest BCUT2D eigenvalue weighted by Gasteiger charge is 2.03. The van der Waals surface area contributed by atoms with Gasteiger partial charge in [-0.25, -0.2) is 4.98 Å². The number of nitrogens with zero attached hydrogens (tertiary/aromatic N) is 1. The minimum absolute atomic E-state index is 0.255. The average molecular weight is 165 g/mol. The Morgan fingerprint density at radius 1 is 1.67 bits per heavy atom. The summed E-state index contributed by atoms with van der Waals surface area (Å²) in [5.41, 5.74) is 0.864. The summed E-state index contributed by atoms with van der Waals surface area (Å²) >= 11 is 0. The maximum absolute atomic E-state index is 11.0. The molecule has 0 aliphatic rings. The van der Waals surface area contributed by atoms with Crippen molar-refractivity contribution in [1.29, 1.82) is 0 Å². The summed E-state index contributed by atoms with van der Waals surface area (Å²) < 4.78 is 4.77. The second-order valence-electron chi connectivity index (χ2n) is 2.36. The lowest BCUT2D eigenvalue weighted by Gasteiger charge is -1.94. The lowest BCUT2D eigenvalue weighted by atomic mass is 10.3. The van der Waals surface area contributed by atoms with E-state index in [1.165, 1.54) is 0 Å². The lowest BCUT2D eigenvalue weighted by molar-refractivity contribution is 0.441. The molecule has 0 fully saturated rings. The van der Waals surface area contributed by atoms with Crippen LogP contribution in [-0.4, -0.2) is 17.2 Å². The monoisotopic (exact) mass is 165 g/mol. The molecule has 2 N–H and O–H groups in total. The van der Waals surface area contributed by atoms with Crippen LogP contribution in [0.2, 0.25) is 0 Å². The van der Waals surface area contributed by atoms with Crippen LogP contribution in [0.5, 0.6) is 0 Å². The molecule has 0 unspecified atom stereocenters. The Hall–Kier alpha value is -1.78. The minimum Gasteiger partial charge on any atom is -0.387 e. The van der Waals surface area contributed by atoms with Gasteiger partial charge < -0.3 is 9.84 Å². The minimum atomic E-state index is -0.255. The quantitative estimate of drug-likeness (QED) is 0.647. The van der Waals surface area contributed by atoms with E-state index in [9.17, 15) is 4.79 Å². The molecular formula is C7H7N3O2. The largest absolute Gasteiger partial charge is 0.387 e. The van der Waals surface area contributed by atoms with Gasteiger partial charge in [0.25, 0.3) is 11.3 Å². The molecule has 0 spiro atoms. The molecule has 2 rings (SSSR count). The van der Waals surface area contributed by atoms with Crippen molar-refractivity contribution in [3.8, 4) is 0 Å². The SMILES string of the molecule is CNc1cnc2o[nH]c(=O)c2c1. The molecule has 5 heteroatoms. The second kappa shape index (κ2) is 2.37. The summed E-state index contributed by atoms with van der Waals surface area (Å²) in [7, 11) is 1.76. The zero-order valence-electron chi connectivity index (χ0n) is 6.42. The highest BCUT2D eigenvalue weighted by molar-refractivity contribution is 5.75. The summed E-state index contributed by atoms with van der Waals surface area (Å²) in [5, 5.41) is 5.55. The molecule has 0 radical (unpaired) electrons. The first-order chi connectivity index (χ1) is 5.81. The van der Waals surface area contributed by atoms with Gasteiger partial charge in [0.15, 0.2) is 0 Å². The van der Waals surface area contributed by atoms with E-state index in [4.69, 9.17) is 4.52 Å². The number of hydrogen-bond donors (Lipinski definition) is 2. The molecule has 0 aliphatic heterocycles. The first-order valence-corrected chi connectivity index (χ1v) is 3.46. The predicted octanol–water partition coefficient (Wildman–Crippen LogP) is 0.558. The van der Waals surface area contributed by atoms with Crippen LogP contribution in [0.3, 0.4) is 0 Å². The molecule has 0 amide bonds. The van der Waals surface area contributed by atoms with Crippen LogP contribution < -0.4 is 10.9 Å². The number of nitrogens with one attached hydrogen (secondary N) is 2. The summed E-state index contributed by atoms with van der Waals surface area (Å²) in [6, 6.07) is 1.69. The lowest BCUT2D eigenvalue weighted by Crippen LogP contribution is -1.97. The van der Waals surface area contributed by atoms with Crippen molar-refractivity contribution in [2.45, 2.75) is 0 Å². The Bertz CT molecular complexity index is 457. The van der Waals surface area contributed by atoms with Gasteiger partial charge in [0, 0.05) is 7.05 Å². The Balaban J connectivity index is 2.80. The fourth-order valence-corrected chi connectivity index (χ4v) is 0.983. The first-order valence-electron chi connectivity index (χ1n) is 3.46. The third kappa shape index (κ3) is 0.868. The maximum atomic E-state index is 11.0. The molecular weight excluding hydrogens is 158 g/mol. The number of pyridine rings is 1. The molecule has 5 nitrogen and oxygen atoms in total. The zero-order valence-corrected chi connectivity index (χ0v) is 6.42. The fourth-order valence-electron chi connectivity index (χ4n) is 0.983. The third-order valence-electron chi connectivity index (χ3n) is 1.62. The zero-order chi connectivity index (χ0) is 8.55. The van der Waals surface area contributed by atoms with Crippen LogP contribution in [0.25, 0.3) is 11.1 Å². The Morgan fingerprint density at radius 2 is 2.50 bits per heavy atom. The van der Waals surface area contributed by atoms with E-state index in [1.807, 2.05) is 0 Å². The molecule has 62 valence electrons. The normalized spacial score (nSPS) is 10.4. The Morgan fingerprint density at radius 3 is 3.25 bits per heavy atom. The van der Waals surface area contributed by atoms with Crippen molar-refractivity contribution in [1.82, 2.24) is 10.1 Å². The smallest absolute Gasteiger partial charge is 0.289 e. The van der Waals surface area contributed by atoms with E-state index in [0.717, 1.165) is 5.69 Å². The first kappa shape index (κ1) is 6.90. The van der Waals surface area contributed by atoms with Gasteiger partial charge in [-0.2, -0.15) is 5.16 Å². The number of hydrogen-bond acceptors (Lipinski definition) is 4. The Labute approximate surface area is 67.4 Å². The van der Waals surface area contributed by atoms with Crippen molar-refractivity contribution in [2.75, 3.05) is 12.4 Å². The standard InChI is InChI=1S/C7H7N3O2/c1-8-4-2-5-6(11)10-12-7(5)9-3-4/h2-3,8H,1H3,(H,10,11). The van der Waals surface area contributed by atoms with E-state index in [2.05, 4.69) is 15.5 Å². The van der Waals surface area contributed by atoms with E-state index >= 15 is 0 Å². The van der Waals surface area contributed by atoms with E-state index in [1.54, 1.807) is 19.3 Å². The van der Waals surface area contributed by atoms with Crippen LogP contribution in [0.1, 0.15) is 0 Å². The molecule has 0 saturated heterocycles. The molecule has 2 aromatic rings. The van der Waals surface area contributed by atoms with Gasteiger partial charge >= 0.3 is 0 Å². The number of anilines is 1. The van der Waals surface area contributed by atoms with Crippen molar-refractivity contribution < 1.29 is 4.52 Å². The molecule has 0 saturated carbocycles. The summed E-state index contributed by atoms with van der Waals surface area (Å²) in [6.45, 7) is 0. The number of aromatic amines is 1. The van der Waals surface area contributed by atoms with E-state index in [-0.39, 0.29) is 5.56 Å². The van der Waals surface area contributed by atoms with Gasteiger partial charge in [-0.05, 0) is 6.07 Å². The van der Waals surface area contributed by atoms with Gasteiger partial charge in [-0.3, -0.25) is 4.79 Å². The van der Waals surface area contributed by atoms with Crippen molar-refractivity contribution in [2.24, 2.45) is 0 Å². The summed E-state index contributed by atoms with van der Waals surface area (Å²) in [6.07, 6.45) is 1.60. The van der Waals surface area contributed by atoms with Crippen molar-refractivity contribution in [3.63, 3.8) is 0 Å². The summed E-state index contributed by atoms with van der Waals surface area (Å²) in [5.74, 6) is 0. The van der Waals surface area contributed by atoms with Gasteiger partial charge in [-0.15, -0.1) is 0 Å². The van der Waals surface area contributed by atoms with Gasteiger partial charge in [0.1, 0.15) is 5.39 Å². The highest BCUT2D eigenvalue weighted by Crippen LogP contribution is 2.11. The molecule has 0 atom stereocenters. The van der Waals surface area contributed by atoms with Gasteiger partial charge in [-0.1, -0.05) is 0 Å². The third-order valence-corrected chi connectivity index (χ3v) is 1.62. The fraction of sp³-hybridized carbons (Fsp3) is 0.143. The second-order valence-corrected chi connectivity index (χ2v) is 2.36. The van der Waals surface area contributed by atoms with E-state index in [0.29, 0.717) is 11.1 Å². The maximum Gasteiger partial charge on any atom is 0.289 e. The van der Waals surface area contributed by atoms with Gasteiger partial charge in [0.2, 0.25) is 0 Å². The van der Waals surface area contributed by atoms with Crippen LogP contribution in [0.4, 0.5) is 5.69 Å². The van der Waals surface area contributed by atoms with Crippen LogP contribution in [0, 0.1) is 0 Å². The molecule has 0 bridgehead atoms. The topological polar surface area (TPSA) is 70.9 Å². The number of fused-ring (bicyclic) bond motifs is 1. The summed E-state index contributed by atoms with van der Waals surface area (Å²) in [4.78, 5) is 14.9. The number of rotatable bonds is 1. The highest BCUT2D eigenvalue weighted by atomic mass is 16.5. The molecule has 2 heterocycles. The molecule has 0 aliphatic carbocycles. The average Bonchev–Trinajstić information content (AvgIpc) is 2.47. The molecule has 12 heavy (non-hydrogen) atoms. The predicted molar refractivity (Wildman–Crippen MR) is 44.2 cm³/mol. The number of H-pyrrole nitrogens is 1. The van der Waals surface area contributed by atoms with Crippen LogP contribution >= 0.6 is 0 Å².